The number of carbonyl (C=O) groups excluding carboxylic acids is 2. The summed E-state index contributed by atoms with van der Waals surface area (Å²) in [6.07, 6.45) is 0.264. The van der Waals surface area contributed by atoms with Gasteiger partial charge in [-0.15, -0.1) is 0 Å². The monoisotopic (exact) mass is 349 g/mol. The van der Waals surface area contributed by atoms with Crippen LogP contribution in [0, 0.1) is 17.7 Å². The van der Waals surface area contributed by atoms with Gasteiger partial charge >= 0.3 is 6.03 Å². The Morgan fingerprint density at radius 2 is 1.76 bits per heavy atom. The topological polar surface area (TPSA) is 52.7 Å². The molecule has 0 spiro atoms. The zero-order valence-corrected chi connectivity index (χ0v) is 15.5. The van der Waals surface area contributed by atoms with Gasteiger partial charge in [0.15, 0.2) is 0 Å². The van der Waals surface area contributed by atoms with E-state index in [0.29, 0.717) is 37.2 Å². The second-order valence-electron chi connectivity index (χ2n) is 7.52. The van der Waals surface area contributed by atoms with Crippen LogP contribution in [0.1, 0.15) is 34.1 Å². The minimum atomic E-state index is -0.335. The molecule has 2 rings (SSSR count). The maximum atomic E-state index is 13.1. The Labute approximate surface area is 149 Å². The van der Waals surface area contributed by atoms with Gasteiger partial charge in [0.05, 0.1) is 6.04 Å². The number of hydrogen-bond donors (Lipinski definition) is 1. The van der Waals surface area contributed by atoms with Crippen molar-refractivity contribution in [3.05, 3.63) is 30.1 Å². The molecule has 25 heavy (non-hydrogen) atoms. The lowest BCUT2D eigenvalue weighted by molar-refractivity contribution is -0.117. The Morgan fingerprint density at radius 3 is 2.28 bits per heavy atom. The molecule has 1 heterocycles. The van der Waals surface area contributed by atoms with Crippen LogP contribution in [0.15, 0.2) is 24.3 Å². The van der Waals surface area contributed by atoms with Crippen molar-refractivity contribution in [1.29, 1.82) is 0 Å². The molecule has 1 saturated heterocycles. The van der Waals surface area contributed by atoms with Crippen LogP contribution in [0.2, 0.25) is 0 Å². The van der Waals surface area contributed by atoms with Gasteiger partial charge in [0, 0.05) is 31.7 Å². The Morgan fingerprint density at radius 1 is 1.20 bits per heavy atom. The van der Waals surface area contributed by atoms with Gasteiger partial charge in [-0.05, 0) is 36.1 Å². The maximum Gasteiger partial charge on any atom is 0.317 e. The van der Waals surface area contributed by atoms with Crippen molar-refractivity contribution in [2.45, 2.75) is 40.2 Å². The summed E-state index contributed by atoms with van der Waals surface area (Å²) in [6, 6.07) is 5.49. The Hall–Kier alpha value is -2.11. The summed E-state index contributed by atoms with van der Waals surface area (Å²) >= 11 is 0. The molecule has 0 bridgehead atoms. The molecule has 6 heteroatoms. The molecular weight excluding hydrogens is 321 g/mol. The van der Waals surface area contributed by atoms with E-state index in [4.69, 9.17) is 0 Å². The number of anilines is 1. The van der Waals surface area contributed by atoms with Crippen LogP contribution in [0.4, 0.5) is 14.9 Å². The van der Waals surface area contributed by atoms with Gasteiger partial charge in [-0.2, -0.15) is 0 Å². The number of halogens is 1. The number of amides is 3. The van der Waals surface area contributed by atoms with E-state index in [2.05, 4.69) is 33.0 Å². The van der Waals surface area contributed by atoms with E-state index < -0.39 is 0 Å². The molecule has 0 unspecified atom stereocenters. The van der Waals surface area contributed by atoms with Gasteiger partial charge in [-0.25, -0.2) is 9.18 Å². The van der Waals surface area contributed by atoms with E-state index in [-0.39, 0.29) is 30.2 Å². The van der Waals surface area contributed by atoms with Gasteiger partial charge in [0.1, 0.15) is 5.82 Å². The van der Waals surface area contributed by atoms with Crippen LogP contribution in [0.25, 0.3) is 0 Å². The molecule has 1 aliphatic heterocycles. The standard InChI is InChI=1S/C19H28FN3O2/c1-13(2)10-22(11-14(3)4)19(25)21-16-9-18(24)23(12-16)17-7-5-15(20)6-8-17/h5-8,13-14,16H,9-12H2,1-4H3,(H,21,25)/t16-/m1/s1. The molecule has 1 N–H and O–H groups in total. The van der Waals surface area contributed by atoms with Crippen molar-refractivity contribution in [3.63, 3.8) is 0 Å². The SMILES string of the molecule is CC(C)CN(CC(C)C)C(=O)N[C@@H]1CC(=O)N(c2ccc(F)cc2)C1. The Kier molecular flexibility index (Phi) is 6.39. The van der Waals surface area contributed by atoms with Crippen LogP contribution in [-0.2, 0) is 4.79 Å². The summed E-state index contributed by atoms with van der Waals surface area (Å²) in [5.41, 5.74) is 0.657. The van der Waals surface area contributed by atoms with Crippen molar-refractivity contribution in [2.24, 2.45) is 11.8 Å². The third-order valence-electron chi connectivity index (χ3n) is 4.05. The first-order valence-electron chi connectivity index (χ1n) is 8.87. The molecule has 1 aromatic rings. The third-order valence-corrected chi connectivity index (χ3v) is 4.05. The van der Waals surface area contributed by atoms with Crippen LogP contribution in [-0.4, -0.2) is 42.5 Å². The predicted octanol–water partition coefficient (Wildman–Crippen LogP) is 3.25. The maximum absolute atomic E-state index is 13.1. The zero-order chi connectivity index (χ0) is 18.6. The molecule has 3 amide bonds. The molecule has 5 nitrogen and oxygen atoms in total. The van der Waals surface area contributed by atoms with Crippen molar-refractivity contribution >= 4 is 17.6 Å². The van der Waals surface area contributed by atoms with Crippen LogP contribution >= 0.6 is 0 Å². The summed E-state index contributed by atoms with van der Waals surface area (Å²) in [4.78, 5) is 28.3. The van der Waals surface area contributed by atoms with E-state index >= 15 is 0 Å². The number of urea groups is 1. The van der Waals surface area contributed by atoms with E-state index in [0.717, 1.165) is 0 Å². The van der Waals surface area contributed by atoms with Gasteiger partial charge < -0.3 is 15.1 Å². The van der Waals surface area contributed by atoms with Crippen molar-refractivity contribution in [1.82, 2.24) is 10.2 Å². The predicted molar refractivity (Wildman–Crippen MR) is 96.9 cm³/mol. The summed E-state index contributed by atoms with van der Waals surface area (Å²) in [5, 5.41) is 2.98. The number of rotatable bonds is 6. The summed E-state index contributed by atoms with van der Waals surface area (Å²) < 4.78 is 13.1. The number of benzene rings is 1. The lowest BCUT2D eigenvalue weighted by Gasteiger charge is -2.28. The van der Waals surface area contributed by atoms with Crippen molar-refractivity contribution < 1.29 is 14.0 Å². The molecule has 1 aromatic carbocycles. The molecule has 1 aliphatic rings. The number of nitrogens with zero attached hydrogens (tertiary/aromatic N) is 2. The third kappa shape index (κ3) is 5.44. The Bertz CT molecular complexity index is 591. The second kappa shape index (κ2) is 8.32. The van der Waals surface area contributed by atoms with Crippen LogP contribution < -0.4 is 10.2 Å². The fourth-order valence-corrected chi connectivity index (χ4v) is 3.06. The molecule has 0 aromatic heterocycles. The number of hydrogen-bond acceptors (Lipinski definition) is 2. The fourth-order valence-electron chi connectivity index (χ4n) is 3.06. The normalized spacial score (nSPS) is 17.5. The molecule has 1 atom stereocenters. The summed E-state index contributed by atoms with van der Waals surface area (Å²) in [6.45, 7) is 10.1. The smallest absolute Gasteiger partial charge is 0.317 e. The van der Waals surface area contributed by atoms with E-state index in [1.165, 1.54) is 12.1 Å². The molecule has 0 radical (unpaired) electrons. The largest absolute Gasteiger partial charge is 0.333 e. The molecule has 0 saturated carbocycles. The molecule has 138 valence electrons. The number of nitrogens with one attached hydrogen (secondary N) is 1. The van der Waals surface area contributed by atoms with E-state index in [1.54, 1.807) is 17.0 Å². The Balaban J connectivity index is 1.99. The average Bonchev–Trinajstić information content (AvgIpc) is 2.87. The second-order valence-corrected chi connectivity index (χ2v) is 7.52. The highest BCUT2D eigenvalue weighted by molar-refractivity contribution is 5.96. The van der Waals surface area contributed by atoms with Gasteiger partial charge in [-0.3, -0.25) is 4.79 Å². The highest BCUT2D eigenvalue weighted by Gasteiger charge is 2.32. The summed E-state index contributed by atoms with van der Waals surface area (Å²) in [5.74, 6) is 0.366. The molecule has 1 fully saturated rings. The number of carbonyl (C=O) groups is 2. The quantitative estimate of drug-likeness (QED) is 0.857. The highest BCUT2D eigenvalue weighted by Crippen LogP contribution is 2.22. The van der Waals surface area contributed by atoms with Crippen LogP contribution in [0.3, 0.4) is 0 Å². The molecular formula is C19H28FN3O2. The van der Waals surface area contributed by atoms with Gasteiger partial charge in [-0.1, -0.05) is 27.7 Å². The minimum Gasteiger partial charge on any atom is -0.333 e. The first-order chi connectivity index (χ1) is 11.8. The van der Waals surface area contributed by atoms with Crippen molar-refractivity contribution in [2.75, 3.05) is 24.5 Å². The molecule has 0 aliphatic carbocycles. The van der Waals surface area contributed by atoms with Gasteiger partial charge in [0.2, 0.25) is 5.91 Å². The highest BCUT2D eigenvalue weighted by atomic mass is 19.1. The first kappa shape index (κ1) is 19.2. The van der Waals surface area contributed by atoms with Gasteiger partial charge in [0.25, 0.3) is 0 Å². The first-order valence-corrected chi connectivity index (χ1v) is 8.87. The van der Waals surface area contributed by atoms with Crippen molar-refractivity contribution in [3.8, 4) is 0 Å². The van der Waals surface area contributed by atoms with E-state index in [1.807, 2.05) is 4.90 Å². The summed E-state index contributed by atoms with van der Waals surface area (Å²) in [7, 11) is 0. The van der Waals surface area contributed by atoms with E-state index in [9.17, 15) is 14.0 Å². The van der Waals surface area contributed by atoms with Crippen LogP contribution in [0.5, 0.6) is 0 Å². The lowest BCUT2D eigenvalue weighted by atomic mass is 10.1. The fraction of sp³-hybridized carbons (Fsp3) is 0.579. The zero-order valence-electron chi connectivity index (χ0n) is 15.5. The average molecular weight is 349 g/mol. The minimum absolute atomic E-state index is 0.0591. The lowest BCUT2D eigenvalue weighted by Crippen LogP contribution is -2.48.